The highest BCUT2D eigenvalue weighted by molar-refractivity contribution is 6.99. The normalized spacial score (nSPS) is 18.4. The Morgan fingerprint density at radius 2 is 2.24 bits per heavy atom. The molecule has 116 valence electrons. The Bertz CT molecular complexity index is 475. The number of piperidine rings is 1. The second-order valence-electron chi connectivity index (χ2n) is 5.02. The molecule has 1 aromatic heterocycles. The molecule has 0 bridgehead atoms. The van der Waals surface area contributed by atoms with Gasteiger partial charge in [0.25, 0.3) is 0 Å². The monoisotopic (exact) mass is 311 g/mol. The second-order valence-corrected chi connectivity index (χ2v) is 5.58. The van der Waals surface area contributed by atoms with Crippen LogP contribution in [0.4, 0.5) is 10.6 Å². The Balaban J connectivity index is 1.93. The first-order valence-corrected chi connectivity index (χ1v) is 8.01. The molecule has 21 heavy (non-hydrogen) atoms. The number of likely N-dealkylation sites (tertiary alicyclic amines) is 1. The molecule has 0 aromatic carbocycles. The van der Waals surface area contributed by atoms with Crippen LogP contribution in [0, 0.1) is 5.92 Å². The van der Waals surface area contributed by atoms with Crippen LogP contribution in [-0.4, -0.2) is 56.7 Å². The number of urea groups is 1. The average Bonchev–Trinajstić information content (AvgIpc) is 3.01. The summed E-state index contributed by atoms with van der Waals surface area (Å²) < 4.78 is 7.80. The fourth-order valence-corrected chi connectivity index (χ4v) is 2.94. The van der Waals surface area contributed by atoms with Crippen molar-refractivity contribution < 1.29 is 9.59 Å². The Kier molecular flexibility index (Phi) is 5.49. The first-order valence-electron chi connectivity index (χ1n) is 7.28. The molecule has 1 aromatic rings. The van der Waals surface area contributed by atoms with E-state index >= 15 is 0 Å². The molecule has 1 saturated heterocycles. The maximum absolute atomic E-state index is 12.4. The quantitative estimate of drug-likeness (QED) is 0.917. The summed E-state index contributed by atoms with van der Waals surface area (Å²) in [6, 6.07) is -0.209. The molecule has 0 spiro atoms. The van der Waals surface area contributed by atoms with Gasteiger partial charge in [-0.05, 0) is 26.7 Å². The van der Waals surface area contributed by atoms with Gasteiger partial charge in [-0.2, -0.15) is 8.75 Å². The molecule has 0 radical (unpaired) electrons. The third-order valence-corrected chi connectivity index (χ3v) is 4.21. The topological polar surface area (TPSA) is 78.4 Å². The van der Waals surface area contributed by atoms with E-state index in [1.54, 1.807) is 4.90 Å². The van der Waals surface area contributed by atoms with E-state index < -0.39 is 0 Å². The lowest BCUT2D eigenvalue weighted by atomic mass is 9.96. The van der Waals surface area contributed by atoms with Crippen molar-refractivity contribution in [1.82, 2.24) is 18.5 Å². The number of anilines is 1. The van der Waals surface area contributed by atoms with Gasteiger partial charge in [0, 0.05) is 26.2 Å². The van der Waals surface area contributed by atoms with E-state index in [0.29, 0.717) is 32.0 Å². The van der Waals surface area contributed by atoms with Crippen molar-refractivity contribution in [2.75, 3.05) is 31.5 Å². The van der Waals surface area contributed by atoms with Crippen molar-refractivity contribution in [3.05, 3.63) is 6.20 Å². The van der Waals surface area contributed by atoms with Crippen LogP contribution in [0.1, 0.15) is 26.7 Å². The zero-order chi connectivity index (χ0) is 15.2. The van der Waals surface area contributed by atoms with Gasteiger partial charge < -0.3 is 9.80 Å². The molecule has 2 heterocycles. The van der Waals surface area contributed by atoms with Crippen LogP contribution in [-0.2, 0) is 4.79 Å². The number of hydrogen-bond donors (Lipinski definition) is 1. The third kappa shape index (κ3) is 3.90. The highest BCUT2D eigenvalue weighted by atomic mass is 32.1. The van der Waals surface area contributed by atoms with Gasteiger partial charge in [0.1, 0.15) is 0 Å². The van der Waals surface area contributed by atoms with E-state index in [4.69, 9.17) is 0 Å². The Labute approximate surface area is 128 Å². The van der Waals surface area contributed by atoms with E-state index in [1.807, 2.05) is 18.7 Å². The Morgan fingerprint density at radius 3 is 2.86 bits per heavy atom. The van der Waals surface area contributed by atoms with Crippen molar-refractivity contribution in [2.24, 2.45) is 5.92 Å². The molecule has 3 amide bonds. The van der Waals surface area contributed by atoms with Gasteiger partial charge in [-0.3, -0.25) is 10.1 Å². The number of rotatable bonds is 4. The zero-order valence-corrected chi connectivity index (χ0v) is 13.2. The van der Waals surface area contributed by atoms with Gasteiger partial charge in [-0.1, -0.05) is 0 Å². The minimum atomic E-state index is -0.209. The summed E-state index contributed by atoms with van der Waals surface area (Å²) in [7, 11) is 0. The van der Waals surface area contributed by atoms with Crippen LogP contribution in [0.15, 0.2) is 6.20 Å². The SMILES string of the molecule is CCN(CC)C(=O)C1CCCN(C(=O)Nc2cnsn2)C1. The molecule has 0 aliphatic carbocycles. The fraction of sp³-hybridized carbons (Fsp3) is 0.692. The highest BCUT2D eigenvalue weighted by Crippen LogP contribution is 2.19. The zero-order valence-electron chi connectivity index (χ0n) is 12.4. The molecule has 7 nitrogen and oxygen atoms in total. The standard InChI is InChI=1S/C13H21N5O2S/c1-3-17(4-2)12(19)10-6-5-7-18(9-10)13(20)15-11-8-14-21-16-11/h8,10H,3-7,9H2,1-2H3,(H,15,16,20). The molecule has 8 heteroatoms. The summed E-state index contributed by atoms with van der Waals surface area (Å²) in [4.78, 5) is 28.1. The van der Waals surface area contributed by atoms with Crippen LogP contribution in [0.25, 0.3) is 0 Å². The molecule has 1 N–H and O–H groups in total. The molecule has 1 aliphatic rings. The van der Waals surface area contributed by atoms with Crippen molar-refractivity contribution in [3.63, 3.8) is 0 Å². The maximum Gasteiger partial charge on any atom is 0.323 e. The Hall–Kier alpha value is -1.70. The van der Waals surface area contributed by atoms with Crippen molar-refractivity contribution in [1.29, 1.82) is 0 Å². The number of nitrogens with one attached hydrogen (secondary N) is 1. The minimum absolute atomic E-state index is 0.0991. The first-order chi connectivity index (χ1) is 10.2. The number of carbonyl (C=O) groups is 2. The predicted molar refractivity (Wildman–Crippen MR) is 81.2 cm³/mol. The predicted octanol–water partition coefficient (Wildman–Crippen LogP) is 1.65. The van der Waals surface area contributed by atoms with Crippen molar-refractivity contribution in [3.8, 4) is 0 Å². The van der Waals surface area contributed by atoms with Gasteiger partial charge in [0.2, 0.25) is 5.91 Å². The van der Waals surface area contributed by atoms with Crippen molar-refractivity contribution >= 4 is 29.5 Å². The van der Waals surface area contributed by atoms with E-state index in [2.05, 4.69) is 14.1 Å². The molecule has 1 atom stereocenters. The lowest BCUT2D eigenvalue weighted by Gasteiger charge is -2.34. The van der Waals surface area contributed by atoms with Crippen LogP contribution < -0.4 is 5.32 Å². The molecule has 1 aliphatic heterocycles. The average molecular weight is 311 g/mol. The van der Waals surface area contributed by atoms with Crippen LogP contribution in [0.5, 0.6) is 0 Å². The number of hydrogen-bond acceptors (Lipinski definition) is 5. The molecule has 1 unspecified atom stereocenters. The van der Waals surface area contributed by atoms with Gasteiger partial charge in [-0.25, -0.2) is 4.79 Å². The number of aromatic nitrogens is 2. The lowest BCUT2D eigenvalue weighted by molar-refractivity contribution is -0.136. The molecular formula is C13H21N5O2S. The van der Waals surface area contributed by atoms with E-state index in [0.717, 1.165) is 24.6 Å². The van der Waals surface area contributed by atoms with Gasteiger partial charge in [0.05, 0.1) is 23.8 Å². The summed E-state index contributed by atoms with van der Waals surface area (Å²) in [5, 5.41) is 2.71. The largest absolute Gasteiger partial charge is 0.343 e. The van der Waals surface area contributed by atoms with Gasteiger partial charge in [-0.15, -0.1) is 0 Å². The number of nitrogens with zero attached hydrogens (tertiary/aromatic N) is 4. The number of carbonyl (C=O) groups excluding carboxylic acids is 2. The molecule has 0 saturated carbocycles. The summed E-state index contributed by atoms with van der Waals surface area (Å²) in [6.07, 6.45) is 3.21. The second kappa shape index (κ2) is 7.35. The first kappa shape index (κ1) is 15.7. The summed E-state index contributed by atoms with van der Waals surface area (Å²) in [6.45, 7) is 6.52. The number of amides is 3. The van der Waals surface area contributed by atoms with Crippen LogP contribution >= 0.6 is 11.7 Å². The van der Waals surface area contributed by atoms with Gasteiger partial charge in [0.15, 0.2) is 5.82 Å². The third-order valence-electron chi connectivity index (χ3n) is 3.73. The highest BCUT2D eigenvalue weighted by Gasteiger charge is 2.30. The molecule has 2 rings (SSSR count). The maximum atomic E-state index is 12.4. The minimum Gasteiger partial charge on any atom is -0.343 e. The Morgan fingerprint density at radius 1 is 1.48 bits per heavy atom. The summed E-state index contributed by atoms with van der Waals surface area (Å²) in [5.74, 6) is 0.507. The van der Waals surface area contributed by atoms with Crippen molar-refractivity contribution in [2.45, 2.75) is 26.7 Å². The van der Waals surface area contributed by atoms with Crippen LogP contribution in [0.2, 0.25) is 0 Å². The summed E-state index contributed by atoms with van der Waals surface area (Å²) >= 11 is 1.05. The summed E-state index contributed by atoms with van der Waals surface area (Å²) in [5.41, 5.74) is 0. The van der Waals surface area contributed by atoms with Gasteiger partial charge >= 0.3 is 6.03 Å². The van der Waals surface area contributed by atoms with E-state index in [-0.39, 0.29) is 17.9 Å². The van der Waals surface area contributed by atoms with E-state index in [9.17, 15) is 9.59 Å². The van der Waals surface area contributed by atoms with E-state index in [1.165, 1.54) is 6.20 Å². The van der Waals surface area contributed by atoms with Crippen LogP contribution in [0.3, 0.4) is 0 Å². The molecular weight excluding hydrogens is 290 g/mol. The molecule has 1 fully saturated rings. The lowest BCUT2D eigenvalue weighted by Crippen LogP contribution is -2.48. The fourth-order valence-electron chi connectivity index (χ4n) is 2.56. The smallest absolute Gasteiger partial charge is 0.323 e.